The summed E-state index contributed by atoms with van der Waals surface area (Å²) in [4.78, 5) is 5.90. The summed E-state index contributed by atoms with van der Waals surface area (Å²) in [5.74, 6) is 0. The second-order valence-electron chi connectivity index (χ2n) is 5.19. The lowest BCUT2D eigenvalue weighted by Gasteiger charge is -2.15. The number of rotatable bonds is 3. The van der Waals surface area contributed by atoms with Gasteiger partial charge in [-0.05, 0) is 49.8 Å². The van der Waals surface area contributed by atoms with Gasteiger partial charge < -0.3 is 5.11 Å². The highest BCUT2D eigenvalue weighted by Crippen LogP contribution is 2.31. The van der Waals surface area contributed by atoms with Crippen LogP contribution in [0.15, 0.2) is 18.2 Å². The highest BCUT2D eigenvalue weighted by Gasteiger charge is 2.13. The van der Waals surface area contributed by atoms with Crippen molar-refractivity contribution in [3.05, 3.63) is 39.9 Å². The summed E-state index contributed by atoms with van der Waals surface area (Å²) in [6.07, 6.45) is 5.72. The summed E-state index contributed by atoms with van der Waals surface area (Å²) in [5.41, 5.74) is 5.29. The van der Waals surface area contributed by atoms with Gasteiger partial charge in [-0.1, -0.05) is 12.1 Å². The van der Waals surface area contributed by atoms with Gasteiger partial charge in [-0.15, -0.1) is 11.3 Å². The Balaban J connectivity index is 1.95. The fourth-order valence-corrected chi connectivity index (χ4v) is 3.71. The van der Waals surface area contributed by atoms with E-state index < -0.39 is 0 Å². The fraction of sp³-hybridized carbons (Fsp3) is 0.438. The minimum absolute atomic E-state index is 0.175. The van der Waals surface area contributed by atoms with Gasteiger partial charge in [-0.2, -0.15) is 0 Å². The number of aromatic nitrogens is 1. The topological polar surface area (TPSA) is 33.1 Å². The number of benzene rings is 1. The molecule has 1 heterocycles. The lowest BCUT2D eigenvalue weighted by Crippen LogP contribution is -2.02. The van der Waals surface area contributed by atoms with Gasteiger partial charge in [0.15, 0.2) is 0 Å². The molecule has 2 aromatic rings. The molecule has 3 heteroatoms. The van der Waals surface area contributed by atoms with Crippen LogP contribution in [0.5, 0.6) is 0 Å². The Bertz CT molecular complexity index is 588. The van der Waals surface area contributed by atoms with Gasteiger partial charge in [0.2, 0.25) is 0 Å². The molecule has 0 saturated heterocycles. The van der Waals surface area contributed by atoms with Crippen LogP contribution in [0.1, 0.15) is 34.5 Å². The Labute approximate surface area is 118 Å². The molecule has 19 heavy (non-hydrogen) atoms. The predicted molar refractivity (Wildman–Crippen MR) is 79.7 cm³/mol. The standard InChI is InChI=1S/C16H19NOS/c1-11-15(8-9-18)17-16(19-11)14-7-6-12-4-2-3-5-13(12)10-14/h6-7,10,18H,2-5,8-9H2,1H3. The largest absolute Gasteiger partial charge is 0.396 e. The lowest BCUT2D eigenvalue weighted by molar-refractivity contribution is 0.298. The molecule has 0 unspecified atom stereocenters. The van der Waals surface area contributed by atoms with E-state index in [1.165, 1.54) is 47.3 Å². The van der Waals surface area contributed by atoms with Gasteiger partial charge >= 0.3 is 0 Å². The highest BCUT2D eigenvalue weighted by atomic mass is 32.1. The van der Waals surface area contributed by atoms with Crippen LogP contribution in [-0.4, -0.2) is 16.7 Å². The van der Waals surface area contributed by atoms with Crippen LogP contribution < -0.4 is 0 Å². The molecular weight excluding hydrogens is 254 g/mol. The minimum Gasteiger partial charge on any atom is -0.396 e. The minimum atomic E-state index is 0.175. The molecule has 0 saturated carbocycles. The molecule has 1 aromatic carbocycles. The van der Waals surface area contributed by atoms with Gasteiger partial charge in [0.25, 0.3) is 0 Å². The van der Waals surface area contributed by atoms with Crippen molar-refractivity contribution < 1.29 is 5.11 Å². The van der Waals surface area contributed by atoms with Crippen LogP contribution >= 0.6 is 11.3 Å². The quantitative estimate of drug-likeness (QED) is 0.928. The number of fused-ring (bicyclic) bond motifs is 1. The second-order valence-corrected chi connectivity index (χ2v) is 6.39. The maximum absolute atomic E-state index is 9.05. The smallest absolute Gasteiger partial charge is 0.123 e. The Hall–Kier alpha value is -1.19. The molecule has 0 bridgehead atoms. The molecule has 1 N–H and O–H groups in total. The van der Waals surface area contributed by atoms with Crippen molar-refractivity contribution in [2.75, 3.05) is 6.61 Å². The van der Waals surface area contributed by atoms with Crippen molar-refractivity contribution in [2.24, 2.45) is 0 Å². The summed E-state index contributed by atoms with van der Waals surface area (Å²) in [6, 6.07) is 6.78. The molecule has 0 amide bonds. The summed E-state index contributed by atoms with van der Waals surface area (Å²) >= 11 is 1.74. The first-order chi connectivity index (χ1) is 9.28. The Morgan fingerprint density at radius 2 is 2.00 bits per heavy atom. The van der Waals surface area contributed by atoms with Crippen molar-refractivity contribution in [1.82, 2.24) is 4.98 Å². The van der Waals surface area contributed by atoms with E-state index in [0.717, 1.165) is 10.7 Å². The Kier molecular flexibility index (Phi) is 3.67. The van der Waals surface area contributed by atoms with E-state index in [4.69, 9.17) is 5.11 Å². The number of aryl methyl sites for hydroxylation is 3. The molecule has 1 aromatic heterocycles. The zero-order valence-electron chi connectivity index (χ0n) is 11.3. The van der Waals surface area contributed by atoms with Crippen molar-refractivity contribution >= 4 is 11.3 Å². The zero-order valence-corrected chi connectivity index (χ0v) is 12.1. The SMILES string of the molecule is Cc1sc(-c2ccc3c(c2)CCCC3)nc1CCO. The maximum Gasteiger partial charge on any atom is 0.123 e. The van der Waals surface area contributed by atoms with Crippen LogP contribution in [0.4, 0.5) is 0 Å². The van der Waals surface area contributed by atoms with E-state index in [1.807, 2.05) is 0 Å². The molecule has 0 atom stereocenters. The van der Waals surface area contributed by atoms with E-state index in [0.29, 0.717) is 6.42 Å². The Morgan fingerprint density at radius 3 is 2.79 bits per heavy atom. The molecule has 3 rings (SSSR count). The molecule has 2 nitrogen and oxygen atoms in total. The van der Waals surface area contributed by atoms with Crippen LogP contribution in [0.3, 0.4) is 0 Å². The van der Waals surface area contributed by atoms with Gasteiger partial charge in [-0.3, -0.25) is 0 Å². The molecule has 0 fully saturated rings. The molecule has 1 aliphatic rings. The average Bonchev–Trinajstić information content (AvgIpc) is 2.80. The maximum atomic E-state index is 9.05. The third-order valence-electron chi connectivity index (χ3n) is 3.84. The van der Waals surface area contributed by atoms with Gasteiger partial charge in [-0.25, -0.2) is 4.98 Å². The first-order valence-electron chi connectivity index (χ1n) is 6.97. The van der Waals surface area contributed by atoms with Crippen LogP contribution in [0.2, 0.25) is 0 Å². The lowest BCUT2D eigenvalue weighted by atomic mass is 9.90. The van der Waals surface area contributed by atoms with Crippen molar-refractivity contribution in [2.45, 2.75) is 39.0 Å². The number of nitrogens with zero attached hydrogens (tertiary/aromatic N) is 1. The number of hydrogen-bond donors (Lipinski definition) is 1. The van der Waals surface area contributed by atoms with Crippen LogP contribution in [0.25, 0.3) is 10.6 Å². The average molecular weight is 273 g/mol. The monoisotopic (exact) mass is 273 g/mol. The van der Waals surface area contributed by atoms with E-state index in [1.54, 1.807) is 11.3 Å². The molecular formula is C16H19NOS. The number of hydrogen-bond acceptors (Lipinski definition) is 3. The Morgan fingerprint density at radius 1 is 1.21 bits per heavy atom. The summed E-state index contributed by atoms with van der Waals surface area (Å²) in [5, 5.41) is 10.1. The van der Waals surface area contributed by atoms with Gasteiger partial charge in [0, 0.05) is 23.5 Å². The highest BCUT2D eigenvalue weighted by molar-refractivity contribution is 7.15. The summed E-state index contributed by atoms with van der Waals surface area (Å²) in [6.45, 7) is 2.26. The molecule has 100 valence electrons. The molecule has 1 aliphatic carbocycles. The molecule has 0 spiro atoms. The third kappa shape index (κ3) is 2.58. The summed E-state index contributed by atoms with van der Waals surface area (Å²) < 4.78 is 0. The van der Waals surface area contributed by atoms with Crippen molar-refractivity contribution in [3.8, 4) is 10.6 Å². The number of thiazole rings is 1. The number of aliphatic hydroxyl groups is 1. The van der Waals surface area contributed by atoms with Crippen molar-refractivity contribution in [1.29, 1.82) is 0 Å². The first-order valence-corrected chi connectivity index (χ1v) is 7.79. The van der Waals surface area contributed by atoms with Gasteiger partial charge in [0.05, 0.1) is 5.69 Å². The number of aliphatic hydroxyl groups excluding tert-OH is 1. The summed E-state index contributed by atoms with van der Waals surface area (Å²) in [7, 11) is 0. The predicted octanol–water partition coefficient (Wildman–Crippen LogP) is 3.53. The van der Waals surface area contributed by atoms with Crippen LogP contribution in [-0.2, 0) is 19.3 Å². The third-order valence-corrected chi connectivity index (χ3v) is 4.90. The van der Waals surface area contributed by atoms with Crippen LogP contribution in [0, 0.1) is 6.92 Å². The second kappa shape index (κ2) is 5.43. The van der Waals surface area contributed by atoms with Crippen molar-refractivity contribution in [3.63, 3.8) is 0 Å². The van der Waals surface area contributed by atoms with E-state index in [-0.39, 0.29) is 6.61 Å². The molecule has 0 radical (unpaired) electrons. The van der Waals surface area contributed by atoms with Gasteiger partial charge in [0.1, 0.15) is 5.01 Å². The first kappa shape index (κ1) is 12.8. The molecule has 0 aliphatic heterocycles. The normalized spacial score (nSPS) is 14.4. The zero-order chi connectivity index (χ0) is 13.2. The fourth-order valence-electron chi connectivity index (χ4n) is 2.76. The van der Waals surface area contributed by atoms with E-state index in [2.05, 4.69) is 30.1 Å². The van der Waals surface area contributed by atoms with E-state index in [9.17, 15) is 0 Å². The van der Waals surface area contributed by atoms with E-state index >= 15 is 0 Å².